The number of sulfonamides is 1. The number of alkyl halides is 3. The highest BCUT2D eigenvalue weighted by molar-refractivity contribution is 7.89. The van der Waals surface area contributed by atoms with Crippen LogP contribution in [0.5, 0.6) is 0 Å². The molecule has 0 saturated carbocycles. The Morgan fingerprint density at radius 3 is 2.15 bits per heavy atom. The molecule has 0 saturated heterocycles. The van der Waals surface area contributed by atoms with Crippen molar-refractivity contribution >= 4 is 45.0 Å². The van der Waals surface area contributed by atoms with Crippen molar-refractivity contribution in [1.82, 2.24) is 9.97 Å². The molecule has 0 aliphatic rings. The molecule has 1 aromatic heterocycles. The second kappa shape index (κ2) is 14.8. The van der Waals surface area contributed by atoms with Crippen molar-refractivity contribution < 1.29 is 21.6 Å². The van der Waals surface area contributed by atoms with Gasteiger partial charge in [-0.2, -0.15) is 18.2 Å². The van der Waals surface area contributed by atoms with Crippen molar-refractivity contribution in [3.63, 3.8) is 0 Å². The van der Waals surface area contributed by atoms with Gasteiger partial charge in [-0.3, -0.25) is 0 Å². The van der Waals surface area contributed by atoms with Crippen LogP contribution in [0.4, 0.5) is 24.9 Å². The number of benzene rings is 2. The Kier molecular flexibility index (Phi) is 12.2. The van der Waals surface area contributed by atoms with Crippen molar-refractivity contribution in [2.45, 2.75) is 51.7 Å². The maximum absolute atomic E-state index is 12.9. The molecule has 3 aromatic rings. The Balaban J connectivity index is 0.00000178. The lowest BCUT2D eigenvalue weighted by Crippen LogP contribution is -2.23. The van der Waals surface area contributed by atoms with Gasteiger partial charge in [-0.05, 0) is 60.9 Å². The van der Waals surface area contributed by atoms with Gasteiger partial charge in [0.1, 0.15) is 12.4 Å². The summed E-state index contributed by atoms with van der Waals surface area (Å²) in [6, 6.07) is 13.1. The molecule has 0 radical (unpaired) electrons. The maximum atomic E-state index is 12.9. The van der Waals surface area contributed by atoms with Crippen LogP contribution in [0.3, 0.4) is 0 Å². The molecule has 0 amide bonds. The monoisotopic (exact) mass is 595 g/mol. The third-order valence-corrected chi connectivity index (χ3v) is 6.43. The topological polar surface area (TPSA) is 110 Å². The number of nitrogens with one attached hydrogen (secondary N) is 2. The van der Waals surface area contributed by atoms with Crippen LogP contribution < -0.4 is 15.8 Å². The van der Waals surface area contributed by atoms with Gasteiger partial charge in [0.2, 0.25) is 16.0 Å². The van der Waals surface area contributed by atoms with Gasteiger partial charge in [0.15, 0.2) is 0 Å². The average Bonchev–Trinajstić information content (AvgIpc) is 2.89. The van der Waals surface area contributed by atoms with E-state index >= 15 is 0 Å². The first-order valence-corrected chi connectivity index (χ1v) is 14.3. The maximum Gasteiger partial charge on any atom is 0.405 e. The lowest BCUT2D eigenvalue weighted by molar-refractivity contribution is -0.115. The van der Waals surface area contributed by atoms with Crippen LogP contribution in [0, 0.1) is 6.92 Å². The predicted molar refractivity (Wildman–Crippen MR) is 157 cm³/mol. The van der Waals surface area contributed by atoms with Crippen LogP contribution in [0.25, 0.3) is 11.6 Å². The van der Waals surface area contributed by atoms with Crippen molar-refractivity contribution in [3.8, 4) is 0 Å². The molecular formula is C28H33ClF3N5O2S. The Bertz CT molecular complexity index is 1420. The molecule has 40 heavy (non-hydrogen) atoms. The first kappa shape index (κ1) is 32.8. The van der Waals surface area contributed by atoms with Gasteiger partial charge in [-0.15, -0.1) is 0 Å². The van der Waals surface area contributed by atoms with E-state index in [0.717, 1.165) is 11.1 Å². The van der Waals surface area contributed by atoms with Crippen molar-refractivity contribution in [2.75, 3.05) is 17.2 Å². The van der Waals surface area contributed by atoms with Gasteiger partial charge in [0.25, 0.3) is 0 Å². The molecule has 1 heterocycles. The molecule has 3 rings (SSSR count). The predicted octanol–water partition coefficient (Wildman–Crippen LogP) is 7.21. The van der Waals surface area contributed by atoms with Gasteiger partial charge in [-0.1, -0.05) is 68.3 Å². The summed E-state index contributed by atoms with van der Waals surface area (Å²) in [5, 5.41) is 11.0. The highest BCUT2D eigenvalue weighted by atomic mass is 35.5. The summed E-state index contributed by atoms with van der Waals surface area (Å²) >= 11 is 5.97. The first-order chi connectivity index (χ1) is 18.8. The van der Waals surface area contributed by atoms with E-state index in [1.54, 1.807) is 37.3 Å². The van der Waals surface area contributed by atoms with E-state index in [-0.39, 0.29) is 23.2 Å². The zero-order valence-corrected chi connectivity index (χ0v) is 24.3. The molecular weight excluding hydrogens is 563 g/mol. The molecule has 4 N–H and O–H groups in total. The number of anilines is 2. The number of hydrogen-bond donors (Lipinski definition) is 3. The first-order valence-electron chi connectivity index (χ1n) is 12.4. The molecule has 216 valence electrons. The molecule has 0 aliphatic carbocycles. The van der Waals surface area contributed by atoms with Gasteiger partial charge in [0, 0.05) is 17.1 Å². The van der Waals surface area contributed by atoms with Gasteiger partial charge in [0.05, 0.1) is 10.6 Å². The quantitative estimate of drug-likeness (QED) is 0.226. The van der Waals surface area contributed by atoms with Crippen molar-refractivity contribution in [2.24, 2.45) is 5.14 Å². The summed E-state index contributed by atoms with van der Waals surface area (Å²) in [4.78, 5) is 8.65. The van der Waals surface area contributed by atoms with E-state index in [4.69, 9.17) is 16.7 Å². The van der Waals surface area contributed by atoms with Crippen LogP contribution in [0.1, 0.15) is 49.6 Å². The van der Waals surface area contributed by atoms with Gasteiger partial charge < -0.3 is 10.6 Å². The zero-order chi connectivity index (χ0) is 29.9. The summed E-state index contributed by atoms with van der Waals surface area (Å²) in [5.41, 5.74) is 3.32. The van der Waals surface area contributed by atoms with Crippen LogP contribution in [0.2, 0.25) is 5.02 Å². The lowest BCUT2D eigenvalue weighted by Gasteiger charge is -2.15. The summed E-state index contributed by atoms with van der Waals surface area (Å²) in [6.45, 7) is 6.69. The molecule has 2 aromatic carbocycles. The standard InChI is InChI=1S/C25H25ClF3N5O2S.C3H8/c1-3-18(19-6-9-20(26)10-7-19)8-13-22-16(2)23(32-15-25(27,28)29)34-24(33-22)31-14-17-4-11-21(12-5-17)37(30,35)36;1-3-2/h3-13H,14-15H2,1-2H3,(H2,30,35,36)(H2,31,32,33,34);3H2,1-2H3/b13-8-,18-3-;. The van der Waals surface area contributed by atoms with Crippen LogP contribution in [-0.4, -0.2) is 31.1 Å². The highest BCUT2D eigenvalue weighted by Gasteiger charge is 2.27. The SMILES string of the molecule is C/C=C(/C=C\c1nc(NCc2ccc(S(N)(=O)=O)cc2)nc(NCC(F)(F)F)c1C)c1ccc(Cl)cc1.CCC. The van der Waals surface area contributed by atoms with Gasteiger partial charge in [-0.25, -0.2) is 18.5 Å². The molecule has 12 heteroatoms. The summed E-state index contributed by atoms with van der Waals surface area (Å²) in [5.74, 6) is 0.131. The van der Waals surface area contributed by atoms with E-state index < -0.39 is 22.7 Å². The summed E-state index contributed by atoms with van der Waals surface area (Å²) in [7, 11) is -3.82. The van der Waals surface area contributed by atoms with Crippen molar-refractivity contribution in [1.29, 1.82) is 0 Å². The fourth-order valence-corrected chi connectivity index (χ4v) is 3.92. The average molecular weight is 596 g/mol. The smallest absolute Gasteiger partial charge is 0.361 e. The number of nitrogens with two attached hydrogens (primary N) is 1. The summed E-state index contributed by atoms with van der Waals surface area (Å²) < 4.78 is 61.5. The Morgan fingerprint density at radius 1 is 1.02 bits per heavy atom. The van der Waals surface area contributed by atoms with Crippen LogP contribution >= 0.6 is 11.6 Å². The molecule has 0 unspecified atom stereocenters. The molecule has 0 spiro atoms. The number of primary sulfonamides is 1. The second-order valence-electron chi connectivity index (χ2n) is 8.71. The number of halogens is 4. The van der Waals surface area contributed by atoms with Crippen LogP contribution in [-0.2, 0) is 16.6 Å². The minimum atomic E-state index is -4.43. The van der Waals surface area contributed by atoms with E-state index in [1.807, 2.05) is 31.2 Å². The van der Waals surface area contributed by atoms with E-state index in [1.165, 1.54) is 18.6 Å². The van der Waals surface area contributed by atoms with E-state index in [2.05, 4.69) is 34.4 Å². The molecule has 0 fully saturated rings. The Morgan fingerprint density at radius 2 is 1.62 bits per heavy atom. The zero-order valence-electron chi connectivity index (χ0n) is 22.7. The normalized spacial score (nSPS) is 12.2. The van der Waals surface area contributed by atoms with E-state index in [0.29, 0.717) is 21.8 Å². The van der Waals surface area contributed by atoms with Gasteiger partial charge >= 0.3 is 6.18 Å². The number of aromatic nitrogens is 2. The van der Waals surface area contributed by atoms with Crippen LogP contribution in [0.15, 0.2) is 65.6 Å². The minimum Gasteiger partial charge on any atom is -0.361 e. The number of hydrogen-bond acceptors (Lipinski definition) is 6. The fraction of sp³-hybridized carbons (Fsp3) is 0.286. The number of allylic oxidation sites excluding steroid dienone is 3. The number of nitrogens with zero attached hydrogens (tertiary/aromatic N) is 2. The third-order valence-electron chi connectivity index (χ3n) is 5.25. The second-order valence-corrected chi connectivity index (χ2v) is 10.7. The number of rotatable bonds is 9. The largest absolute Gasteiger partial charge is 0.405 e. The van der Waals surface area contributed by atoms with Crippen molar-refractivity contribution in [3.05, 3.63) is 88.1 Å². The third kappa shape index (κ3) is 10.6. The molecule has 7 nitrogen and oxygen atoms in total. The molecule has 0 bridgehead atoms. The minimum absolute atomic E-state index is 0.0330. The summed E-state index contributed by atoms with van der Waals surface area (Å²) in [6.07, 6.45) is 2.22. The van der Waals surface area contributed by atoms with E-state index in [9.17, 15) is 21.6 Å². The lowest BCUT2D eigenvalue weighted by atomic mass is 10.0. The highest BCUT2D eigenvalue weighted by Crippen LogP contribution is 2.25. The Hall–Kier alpha value is -3.41. The fourth-order valence-electron chi connectivity index (χ4n) is 3.28. The molecule has 0 aliphatic heterocycles. The Labute approximate surface area is 238 Å². The molecule has 0 atom stereocenters.